The summed E-state index contributed by atoms with van der Waals surface area (Å²) in [7, 11) is 0. The molecule has 0 aliphatic carbocycles. The summed E-state index contributed by atoms with van der Waals surface area (Å²) in [6.45, 7) is 6.13. The normalized spacial score (nSPS) is 18.4. The van der Waals surface area contributed by atoms with E-state index in [0.717, 1.165) is 0 Å². The molecule has 0 spiro atoms. The average molecular weight is 288 g/mol. The predicted octanol–water partition coefficient (Wildman–Crippen LogP) is 0.423. The van der Waals surface area contributed by atoms with Crippen molar-refractivity contribution >= 4 is 12.0 Å². The Balaban J connectivity index is 2.77. The highest BCUT2D eigenvalue weighted by Gasteiger charge is 2.42. The number of carbonyl (C=O) groups is 2. The van der Waals surface area contributed by atoms with Gasteiger partial charge in [-0.2, -0.15) is 0 Å². The number of carbonyl (C=O) groups excluding carboxylic acids is 1. The van der Waals surface area contributed by atoms with Gasteiger partial charge in [0.1, 0.15) is 5.54 Å². The van der Waals surface area contributed by atoms with Crippen molar-refractivity contribution < 1.29 is 24.5 Å². The molecular formula is C13H24N2O5. The zero-order chi connectivity index (χ0) is 15.4. The second kappa shape index (κ2) is 6.41. The lowest BCUT2D eigenvalue weighted by Gasteiger charge is -2.37. The maximum atomic E-state index is 12.2. The molecule has 7 nitrogen and oxygen atoms in total. The number of hydrogen-bond acceptors (Lipinski definition) is 4. The number of amides is 2. The van der Waals surface area contributed by atoms with Crippen LogP contribution in [0.4, 0.5) is 4.79 Å². The van der Waals surface area contributed by atoms with Gasteiger partial charge in [-0.25, -0.2) is 9.59 Å². The highest BCUT2D eigenvalue weighted by molar-refractivity contribution is 5.86. The van der Waals surface area contributed by atoms with Gasteiger partial charge in [0.05, 0.1) is 12.1 Å². The van der Waals surface area contributed by atoms with Gasteiger partial charge in [-0.05, 0) is 20.8 Å². The third kappa shape index (κ3) is 4.35. The fourth-order valence-corrected chi connectivity index (χ4v) is 2.19. The van der Waals surface area contributed by atoms with Crippen LogP contribution in [0.3, 0.4) is 0 Å². The Bertz CT molecular complexity index is 358. The van der Waals surface area contributed by atoms with Gasteiger partial charge in [0, 0.05) is 32.6 Å². The van der Waals surface area contributed by atoms with Gasteiger partial charge in [-0.1, -0.05) is 0 Å². The monoisotopic (exact) mass is 288 g/mol. The van der Waals surface area contributed by atoms with E-state index in [1.54, 1.807) is 20.8 Å². The van der Waals surface area contributed by atoms with E-state index in [1.807, 2.05) is 0 Å². The van der Waals surface area contributed by atoms with Crippen LogP contribution in [0.15, 0.2) is 0 Å². The van der Waals surface area contributed by atoms with Crippen LogP contribution in [0, 0.1) is 0 Å². The number of carboxylic acids is 1. The molecule has 0 aromatic rings. The molecule has 0 saturated carbocycles. The van der Waals surface area contributed by atoms with Crippen LogP contribution < -0.4 is 5.32 Å². The quantitative estimate of drug-likeness (QED) is 0.681. The topological polar surface area (TPSA) is 99.1 Å². The van der Waals surface area contributed by atoms with Crippen molar-refractivity contribution in [2.24, 2.45) is 0 Å². The van der Waals surface area contributed by atoms with E-state index < -0.39 is 23.1 Å². The minimum Gasteiger partial charge on any atom is -0.480 e. The number of hydrogen-bond donors (Lipinski definition) is 3. The first-order chi connectivity index (χ1) is 9.20. The van der Waals surface area contributed by atoms with E-state index >= 15 is 0 Å². The summed E-state index contributed by atoms with van der Waals surface area (Å²) >= 11 is 0. The molecule has 0 atom stereocenters. The van der Waals surface area contributed by atoms with Crippen LogP contribution >= 0.6 is 0 Å². The standard InChI is InChI=1S/C13H24N2O5/c1-4-15(9-12(2,3)19)11(18)14-13(10(16)17)5-7-20-8-6-13/h19H,4-9H2,1-3H3,(H,14,18)(H,16,17). The number of ether oxygens (including phenoxy) is 1. The minimum atomic E-state index is -1.28. The van der Waals surface area contributed by atoms with Crippen LogP contribution in [-0.2, 0) is 9.53 Å². The zero-order valence-corrected chi connectivity index (χ0v) is 12.3. The summed E-state index contributed by atoms with van der Waals surface area (Å²) < 4.78 is 5.16. The fraction of sp³-hybridized carbons (Fsp3) is 0.846. The van der Waals surface area contributed by atoms with Crippen molar-refractivity contribution in [3.8, 4) is 0 Å². The van der Waals surface area contributed by atoms with Crippen LogP contribution in [0.5, 0.6) is 0 Å². The fourth-order valence-electron chi connectivity index (χ4n) is 2.19. The van der Waals surface area contributed by atoms with Crippen LogP contribution in [0.1, 0.15) is 33.6 Å². The van der Waals surface area contributed by atoms with Gasteiger partial charge in [-0.15, -0.1) is 0 Å². The maximum Gasteiger partial charge on any atom is 0.329 e. The summed E-state index contributed by atoms with van der Waals surface area (Å²) in [6, 6.07) is -0.473. The molecule has 0 aromatic heterocycles. The second-order valence-electron chi connectivity index (χ2n) is 5.76. The Labute approximate surface area is 118 Å². The molecule has 1 saturated heterocycles. The molecule has 2 amide bonds. The van der Waals surface area contributed by atoms with Crippen LogP contribution in [0.2, 0.25) is 0 Å². The summed E-state index contributed by atoms with van der Waals surface area (Å²) in [5, 5.41) is 21.8. The number of rotatable bonds is 5. The van der Waals surface area contributed by atoms with Crippen LogP contribution in [-0.4, -0.2) is 64.6 Å². The molecule has 1 aliphatic heterocycles. The summed E-state index contributed by atoms with van der Waals surface area (Å²) in [5.74, 6) is -1.05. The highest BCUT2D eigenvalue weighted by Crippen LogP contribution is 2.21. The number of nitrogens with one attached hydrogen (secondary N) is 1. The number of nitrogens with zero attached hydrogens (tertiary/aromatic N) is 1. The molecule has 1 heterocycles. The van der Waals surface area contributed by atoms with Gasteiger partial charge >= 0.3 is 12.0 Å². The molecule has 0 unspecified atom stereocenters. The predicted molar refractivity (Wildman–Crippen MR) is 72.5 cm³/mol. The van der Waals surface area contributed by atoms with Crippen molar-refractivity contribution in [3.63, 3.8) is 0 Å². The van der Waals surface area contributed by atoms with Gasteiger partial charge in [0.15, 0.2) is 0 Å². The van der Waals surface area contributed by atoms with Crippen molar-refractivity contribution in [2.45, 2.75) is 44.8 Å². The number of carboxylic acid groups (broad SMARTS) is 1. The lowest BCUT2D eigenvalue weighted by atomic mass is 9.90. The SMILES string of the molecule is CCN(CC(C)(C)O)C(=O)NC1(C(=O)O)CCOCC1. The minimum absolute atomic E-state index is 0.140. The molecule has 20 heavy (non-hydrogen) atoms. The summed E-state index contributed by atoms with van der Waals surface area (Å²) in [6.07, 6.45) is 0.488. The lowest BCUT2D eigenvalue weighted by Crippen LogP contribution is -2.61. The summed E-state index contributed by atoms with van der Waals surface area (Å²) in [4.78, 5) is 25.1. The molecule has 0 radical (unpaired) electrons. The molecular weight excluding hydrogens is 264 g/mol. The van der Waals surface area contributed by atoms with E-state index in [1.165, 1.54) is 4.90 Å². The Morgan fingerprint density at radius 1 is 1.35 bits per heavy atom. The third-order valence-electron chi connectivity index (χ3n) is 3.35. The van der Waals surface area contributed by atoms with Crippen molar-refractivity contribution in [3.05, 3.63) is 0 Å². The van der Waals surface area contributed by atoms with Crippen molar-refractivity contribution in [2.75, 3.05) is 26.3 Å². The highest BCUT2D eigenvalue weighted by atomic mass is 16.5. The van der Waals surface area contributed by atoms with Crippen molar-refractivity contribution in [1.82, 2.24) is 10.2 Å². The van der Waals surface area contributed by atoms with E-state index in [2.05, 4.69) is 5.32 Å². The third-order valence-corrected chi connectivity index (χ3v) is 3.35. The zero-order valence-electron chi connectivity index (χ0n) is 12.3. The van der Waals surface area contributed by atoms with Gasteiger partial charge < -0.3 is 25.2 Å². The van der Waals surface area contributed by atoms with Gasteiger partial charge in [0.2, 0.25) is 0 Å². The van der Waals surface area contributed by atoms with Gasteiger partial charge in [-0.3, -0.25) is 0 Å². The van der Waals surface area contributed by atoms with E-state index in [9.17, 15) is 19.8 Å². The maximum absolute atomic E-state index is 12.2. The Hall–Kier alpha value is -1.34. The first-order valence-electron chi connectivity index (χ1n) is 6.81. The number of likely N-dealkylation sites (N-methyl/N-ethyl adjacent to an activating group) is 1. The van der Waals surface area contributed by atoms with E-state index in [0.29, 0.717) is 19.8 Å². The van der Waals surface area contributed by atoms with Gasteiger partial charge in [0.25, 0.3) is 0 Å². The van der Waals surface area contributed by atoms with E-state index in [-0.39, 0.29) is 19.4 Å². The smallest absolute Gasteiger partial charge is 0.329 e. The molecule has 0 bridgehead atoms. The molecule has 3 N–H and O–H groups in total. The molecule has 116 valence electrons. The summed E-state index contributed by atoms with van der Waals surface area (Å²) in [5.41, 5.74) is -2.30. The molecule has 7 heteroatoms. The Morgan fingerprint density at radius 2 is 1.90 bits per heavy atom. The Kier molecular flexibility index (Phi) is 5.35. The van der Waals surface area contributed by atoms with Crippen LogP contribution in [0.25, 0.3) is 0 Å². The molecule has 1 fully saturated rings. The number of urea groups is 1. The van der Waals surface area contributed by atoms with E-state index in [4.69, 9.17) is 4.74 Å². The molecule has 1 aliphatic rings. The number of aliphatic carboxylic acids is 1. The molecule has 0 aromatic carbocycles. The first-order valence-corrected chi connectivity index (χ1v) is 6.81. The van der Waals surface area contributed by atoms with Crippen molar-refractivity contribution in [1.29, 1.82) is 0 Å². The first kappa shape index (κ1) is 16.7. The molecule has 1 rings (SSSR count). The lowest BCUT2D eigenvalue weighted by molar-refractivity contribution is -0.148. The second-order valence-corrected chi connectivity index (χ2v) is 5.76. The average Bonchev–Trinajstić information content (AvgIpc) is 2.35. The Morgan fingerprint density at radius 3 is 2.30 bits per heavy atom. The largest absolute Gasteiger partial charge is 0.480 e. The number of aliphatic hydroxyl groups is 1.